The molecule has 0 N–H and O–H groups in total. The van der Waals surface area contributed by atoms with Gasteiger partial charge in [0.1, 0.15) is 0 Å². The van der Waals surface area contributed by atoms with Gasteiger partial charge in [-0.05, 0) is 10.8 Å². The summed E-state index contributed by atoms with van der Waals surface area (Å²) in [6.45, 7) is 27.0. The zero-order chi connectivity index (χ0) is 18.8. The monoisotopic (exact) mass is 406 g/mol. The Morgan fingerprint density at radius 3 is 0.625 bits per heavy atom. The number of rotatable bonds is 0. The molecule has 8 heteroatoms. The molecule has 2 rings (SSSR count). The number of hydrogen-bond acceptors (Lipinski definition) is 0. The Hall–Kier alpha value is -1.82. The van der Waals surface area contributed by atoms with E-state index < -0.39 is 0 Å². The molecule has 2 aromatic rings. The van der Waals surface area contributed by atoms with Gasteiger partial charge in [-0.1, -0.05) is 48.5 Å². The van der Waals surface area contributed by atoms with E-state index in [1.165, 1.54) is 10.8 Å². The number of fused-ring (bicyclic) bond motifs is 1. The van der Waals surface area contributed by atoms with Crippen LogP contribution in [0.1, 0.15) is 0 Å². The summed E-state index contributed by atoms with van der Waals surface area (Å²) in [6, 6.07) is 16.7. The van der Waals surface area contributed by atoms with Crippen molar-refractivity contribution in [3.63, 3.8) is 0 Å². The van der Waals surface area contributed by atoms with E-state index >= 15 is 0 Å². The van der Waals surface area contributed by atoms with E-state index in [1.807, 2.05) is 0 Å². The van der Waals surface area contributed by atoms with Crippen molar-refractivity contribution in [1.82, 2.24) is 0 Å². The Labute approximate surface area is 161 Å². The average molecular weight is 406 g/mol. The van der Waals surface area contributed by atoms with E-state index in [0.717, 1.165) is 0 Å². The molecule has 0 saturated carbocycles. The Bertz CT molecular complexity index is 473. The normalized spacial score (nSPS) is 4.67. The molecule has 2 radical (unpaired) electrons. The Morgan fingerprint density at radius 1 is 0.375 bits per heavy atom. The standard InChI is InChI=1S/C10H8.6CO.2Mn/c1-2-6-10-8-4-3-7-9(10)5-1;6*1-2;;/h1-8H;;;;;;;;. The van der Waals surface area contributed by atoms with Gasteiger partial charge in [-0.15, -0.1) is 0 Å². The maximum Gasteiger partial charge on any atom is 0 e. The second-order valence-electron chi connectivity index (χ2n) is 2.35. The van der Waals surface area contributed by atoms with Gasteiger partial charge in [-0.3, -0.25) is 0 Å². The predicted octanol–water partition coefficient (Wildman–Crippen LogP) is 2.61. The van der Waals surface area contributed by atoms with Crippen LogP contribution < -0.4 is 0 Å². The fourth-order valence-corrected chi connectivity index (χ4v) is 1.13. The van der Waals surface area contributed by atoms with Crippen molar-refractivity contribution < 1.29 is 62.1 Å². The smallest absolute Gasteiger partial charge is 0 e. The first kappa shape index (κ1) is 43.2. The summed E-state index contributed by atoms with van der Waals surface area (Å²) in [5.74, 6) is 0. The van der Waals surface area contributed by atoms with Crippen LogP contribution >= 0.6 is 0 Å². The summed E-state index contributed by atoms with van der Waals surface area (Å²) in [4.78, 5) is 0. The zero-order valence-corrected chi connectivity index (χ0v) is 14.2. The summed E-state index contributed by atoms with van der Waals surface area (Å²) in [7, 11) is 0. The molecule has 0 bridgehead atoms. The molecule has 24 heavy (non-hydrogen) atoms. The average Bonchev–Trinajstić information content (AvgIpc) is 2.71. The molecule has 122 valence electrons. The first-order valence-corrected chi connectivity index (χ1v) is 4.63. The van der Waals surface area contributed by atoms with Gasteiger partial charge in [0.05, 0.1) is 0 Å². The van der Waals surface area contributed by atoms with Crippen molar-refractivity contribution >= 4 is 10.8 Å². The van der Waals surface area contributed by atoms with Gasteiger partial charge in [-0.25, -0.2) is 0 Å². The quantitative estimate of drug-likeness (QED) is 0.363. The molecular weight excluding hydrogens is 398 g/mol. The predicted molar refractivity (Wildman–Crippen MR) is 67.5 cm³/mol. The summed E-state index contributed by atoms with van der Waals surface area (Å²) < 4.78 is 45.0. The van der Waals surface area contributed by atoms with E-state index in [-0.39, 0.29) is 34.1 Å². The molecule has 0 unspecified atom stereocenters. The Morgan fingerprint density at radius 2 is 0.500 bits per heavy atom. The van der Waals surface area contributed by atoms with Crippen molar-refractivity contribution in [3.05, 3.63) is 88.4 Å². The molecule has 6 nitrogen and oxygen atoms in total. The van der Waals surface area contributed by atoms with Gasteiger partial charge in [0.2, 0.25) is 0 Å². The first-order chi connectivity index (χ1) is 11.0. The van der Waals surface area contributed by atoms with Crippen LogP contribution in [0, 0.1) is 39.9 Å². The van der Waals surface area contributed by atoms with E-state index in [2.05, 4.69) is 88.4 Å². The summed E-state index contributed by atoms with van der Waals surface area (Å²) >= 11 is 0. The van der Waals surface area contributed by atoms with Gasteiger partial charge in [0.25, 0.3) is 0 Å². The second kappa shape index (κ2) is 58.1. The molecule has 0 spiro atoms. The molecule has 0 fully saturated rings. The molecule has 2 aromatic carbocycles. The van der Waals surface area contributed by atoms with Gasteiger partial charge < -0.3 is 0 Å². The van der Waals surface area contributed by atoms with Crippen molar-refractivity contribution in [2.45, 2.75) is 0 Å². The minimum Gasteiger partial charge on any atom is -0.0616 e. The minimum atomic E-state index is 0. The molecule has 0 aliphatic rings. The van der Waals surface area contributed by atoms with Gasteiger partial charge in [0, 0.05) is 34.1 Å². The largest absolute Gasteiger partial charge is 0.0616 e. The van der Waals surface area contributed by atoms with Gasteiger partial charge in [-0.2, -0.15) is 0 Å². The SMILES string of the molecule is [C-]#[O+].[C-]#[O+].[C-]#[O+].[C-]#[O+].[C-]#[O+].[C-]#[O+].[Mn].[Mn].c1ccc2ccccc2c1. The van der Waals surface area contributed by atoms with Crippen LogP contribution in [-0.2, 0) is 62.1 Å². The molecule has 0 heterocycles. The van der Waals surface area contributed by atoms with Crippen molar-refractivity contribution in [2.75, 3.05) is 0 Å². The van der Waals surface area contributed by atoms with Crippen molar-refractivity contribution in [2.24, 2.45) is 0 Å². The van der Waals surface area contributed by atoms with Crippen molar-refractivity contribution in [1.29, 1.82) is 0 Å². The van der Waals surface area contributed by atoms with Crippen LogP contribution in [0.3, 0.4) is 0 Å². The Balaban J connectivity index is -0.0000000360. The fraction of sp³-hybridized carbons (Fsp3) is 0. The van der Waals surface area contributed by atoms with Crippen LogP contribution in [0.15, 0.2) is 48.5 Å². The third-order valence-electron chi connectivity index (χ3n) is 1.66. The van der Waals surface area contributed by atoms with Crippen LogP contribution in [0.5, 0.6) is 0 Å². The molecule has 0 atom stereocenters. The number of benzene rings is 2. The Kier molecular flexibility index (Phi) is 105. The molecule has 0 aliphatic carbocycles. The maximum atomic E-state index is 7.50. The van der Waals surface area contributed by atoms with Crippen LogP contribution in [-0.4, -0.2) is 0 Å². The van der Waals surface area contributed by atoms with E-state index in [1.54, 1.807) is 0 Å². The molecular formula is C16H8Mn2O6. The first-order valence-electron chi connectivity index (χ1n) is 4.63. The van der Waals surface area contributed by atoms with Crippen LogP contribution in [0.4, 0.5) is 0 Å². The van der Waals surface area contributed by atoms with Crippen LogP contribution in [0.2, 0.25) is 0 Å². The third kappa shape index (κ3) is 28.4. The van der Waals surface area contributed by atoms with E-state index in [4.69, 9.17) is 27.9 Å². The summed E-state index contributed by atoms with van der Waals surface area (Å²) in [5, 5.41) is 2.62. The van der Waals surface area contributed by atoms with Crippen molar-refractivity contribution in [3.8, 4) is 0 Å². The van der Waals surface area contributed by atoms with Gasteiger partial charge >= 0.3 is 67.8 Å². The van der Waals surface area contributed by atoms with Crippen LogP contribution in [0.25, 0.3) is 10.8 Å². The van der Waals surface area contributed by atoms with E-state index in [9.17, 15) is 0 Å². The molecule has 0 aliphatic heterocycles. The molecule has 0 amide bonds. The summed E-state index contributed by atoms with van der Waals surface area (Å²) in [6.07, 6.45) is 0. The maximum absolute atomic E-state index is 7.50. The molecule has 0 saturated heterocycles. The zero-order valence-electron chi connectivity index (χ0n) is 11.8. The second-order valence-corrected chi connectivity index (χ2v) is 2.35. The van der Waals surface area contributed by atoms with E-state index in [0.29, 0.717) is 0 Å². The third-order valence-corrected chi connectivity index (χ3v) is 1.66. The summed E-state index contributed by atoms with van der Waals surface area (Å²) in [5.41, 5.74) is 0. The fourth-order valence-electron chi connectivity index (χ4n) is 1.13. The minimum absolute atomic E-state index is 0. The number of hydrogen-bond donors (Lipinski definition) is 0. The topological polar surface area (TPSA) is 119 Å². The van der Waals surface area contributed by atoms with Gasteiger partial charge in [0.15, 0.2) is 0 Å². The molecule has 0 aromatic heterocycles.